The Morgan fingerprint density at radius 2 is 1.81 bits per heavy atom. The Hall–Kier alpha value is -2.60. The molecular formula is C21H24N4OS. The highest BCUT2D eigenvalue weighted by molar-refractivity contribution is 7.99. The minimum Gasteiger partial charge on any atom is -0.325 e. The van der Waals surface area contributed by atoms with Gasteiger partial charge in [0, 0.05) is 17.8 Å². The number of nitrogens with one attached hydrogen (secondary N) is 1. The van der Waals surface area contributed by atoms with Crippen LogP contribution in [0.25, 0.3) is 11.4 Å². The Morgan fingerprint density at radius 1 is 1.04 bits per heavy atom. The molecule has 0 radical (unpaired) electrons. The van der Waals surface area contributed by atoms with Gasteiger partial charge in [0.25, 0.3) is 0 Å². The maximum Gasteiger partial charge on any atom is 0.234 e. The molecule has 2 aromatic carbocycles. The van der Waals surface area contributed by atoms with Crippen LogP contribution in [-0.4, -0.2) is 26.4 Å². The summed E-state index contributed by atoms with van der Waals surface area (Å²) >= 11 is 1.40. The zero-order valence-electron chi connectivity index (χ0n) is 16.1. The maximum atomic E-state index is 12.3. The lowest BCUT2D eigenvalue weighted by molar-refractivity contribution is -0.113. The van der Waals surface area contributed by atoms with E-state index in [0.717, 1.165) is 39.9 Å². The van der Waals surface area contributed by atoms with Crippen LogP contribution in [0.15, 0.2) is 47.6 Å². The van der Waals surface area contributed by atoms with Gasteiger partial charge in [-0.15, -0.1) is 10.2 Å². The fraction of sp³-hybridized carbons (Fsp3) is 0.286. The summed E-state index contributed by atoms with van der Waals surface area (Å²) in [7, 11) is 0. The van der Waals surface area contributed by atoms with Gasteiger partial charge in [0.05, 0.1) is 5.75 Å². The second kappa shape index (κ2) is 8.39. The van der Waals surface area contributed by atoms with Crippen LogP contribution in [0.5, 0.6) is 0 Å². The van der Waals surface area contributed by atoms with E-state index in [-0.39, 0.29) is 5.91 Å². The molecule has 27 heavy (non-hydrogen) atoms. The molecule has 1 aromatic heterocycles. The molecule has 0 saturated carbocycles. The van der Waals surface area contributed by atoms with E-state index in [9.17, 15) is 4.79 Å². The standard InChI is InChI=1S/C21H24N4OS/c1-5-25-20(18-9-7-6-8-15(18)3)23-24-21(25)27-13-19(26)22-17-11-10-14(2)16(4)12-17/h6-12H,5,13H2,1-4H3,(H,22,26). The molecule has 0 aliphatic heterocycles. The number of hydrogen-bond donors (Lipinski definition) is 1. The van der Waals surface area contributed by atoms with Crippen molar-refractivity contribution in [3.63, 3.8) is 0 Å². The molecule has 0 unspecified atom stereocenters. The van der Waals surface area contributed by atoms with Crippen LogP contribution in [-0.2, 0) is 11.3 Å². The summed E-state index contributed by atoms with van der Waals surface area (Å²) < 4.78 is 2.05. The number of carbonyl (C=O) groups is 1. The highest BCUT2D eigenvalue weighted by Crippen LogP contribution is 2.26. The van der Waals surface area contributed by atoms with Crippen molar-refractivity contribution in [3.8, 4) is 11.4 Å². The molecule has 0 aliphatic carbocycles. The van der Waals surface area contributed by atoms with Gasteiger partial charge in [-0.1, -0.05) is 42.1 Å². The van der Waals surface area contributed by atoms with E-state index in [1.165, 1.54) is 17.3 Å². The lowest BCUT2D eigenvalue weighted by atomic mass is 10.1. The van der Waals surface area contributed by atoms with E-state index in [1.54, 1.807) is 0 Å². The molecule has 3 aromatic rings. The van der Waals surface area contributed by atoms with E-state index in [1.807, 2.05) is 43.3 Å². The first-order chi connectivity index (χ1) is 13.0. The van der Waals surface area contributed by atoms with Crippen molar-refractivity contribution in [3.05, 3.63) is 59.2 Å². The number of carbonyl (C=O) groups excluding carboxylic acids is 1. The lowest BCUT2D eigenvalue weighted by Crippen LogP contribution is -2.14. The van der Waals surface area contributed by atoms with Crippen molar-refractivity contribution in [1.82, 2.24) is 14.8 Å². The normalized spacial score (nSPS) is 10.8. The number of aromatic nitrogens is 3. The van der Waals surface area contributed by atoms with Crippen LogP contribution >= 0.6 is 11.8 Å². The Morgan fingerprint density at radius 3 is 2.52 bits per heavy atom. The second-order valence-electron chi connectivity index (χ2n) is 6.50. The van der Waals surface area contributed by atoms with Crippen LogP contribution in [0.2, 0.25) is 0 Å². The van der Waals surface area contributed by atoms with E-state index in [4.69, 9.17) is 0 Å². The summed E-state index contributed by atoms with van der Waals surface area (Å²) in [5, 5.41) is 12.4. The van der Waals surface area contributed by atoms with Crippen molar-refractivity contribution in [2.75, 3.05) is 11.1 Å². The Kier molecular flexibility index (Phi) is 5.96. The van der Waals surface area contributed by atoms with Crippen LogP contribution in [0.3, 0.4) is 0 Å². The first kappa shape index (κ1) is 19.2. The third-order valence-electron chi connectivity index (χ3n) is 4.54. The zero-order chi connectivity index (χ0) is 19.4. The SMILES string of the molecule is CCn1c(SCC(=O)Nc2ccc(C)c(C)c2)nnc1-c1ccccc1C. The number of rotatable bonds is 6. The number of anilines is 1. The van der Waals surface area contributed by atoms with Gasteiger partial charge in [0.1, 0.15) is 0 Å². The minimum absolute atomic E-state index is 0.0497. The van der Waals surface area contributed by atoms with Gasteiger partial charge in [-0.05, 0) is 56.5 Å². The molecule has 1 heterocycles. The van der Waals surface area contributed by atoms with Gasteiger partial charge < -0.3 is 9.88 Å². The number of nitrogens with zero attached hydrogens (tertiary/aromatic N) is 3. The Bertz CT molecular complexity index is 965. The van der Waals surface area contributed by atoms with Gasteiger partial charge in [-0.2, -0.15) is 0 Å². The molecule has 0 saturated heterocycles. The second-order valence-corrected chi connectivity index (χ2v) is 7.44. The van der Waals surface area contributed by atoms with Crippen LogP contribution in [0, 0.1) is 20.8 Å². The smallest absolute Gasteiger partial charge is 0.234 e. The molecule has 3 rings (SSSR count). The fourth-order valence-corrected chi connectivity index (χ4v) is 3.65. The van der Waals surface area contributed by atoms with Crippen molar-refractivity contribution >= 4 is 23.4 Å². The molecule has 0 aliphatic rings. The largest absolute Gasteiger partial charge is 0.325 e. The van der Waals surface area contributed by atoms with Crippen molar-refractivity contribution in [1.29, 1.82) is 0 Å². The molecule has 0 spiro atoms. The molecule has 6 heteroatoms. The molecular weight excluding hydrogens is 356 g/mol. The molecule has 0 fully saturated rings. The number of amides is 1. The first-order valence-corrected chi connectivity index (χ1v) is 9.97. The fourth-order valence-electron chi connectivity index (χ4n) is 2.85. The van der Waals surface area contributed by atoms with Crippen molar-refractivity contribution < 1.29 is 4.79 Å². The Balaban J connectivity index is 1.70. The topological polar surface area (TPSA) is 59.8 Å². The molecule has 1 amide bonds. The summed E-state index contributed by atoms with van der Waals surface area (Å²) in [6, 6.07) is 14.1. The van der Waals surface area contributed by atoms with Gasteiger partial charge in [0.15, 0.2) is 11.0 Å². The van der Waals surface area contributed by atoms with Crippen molar-refractivity contribution in [2.24, 2.45) is 0 Å². The molecule has 5 nitrogen and oxygen atoms in total. The summed E-state index contributed by atoms with van der Waals surface area (Å²) in [5.74, 6) is 1.08. The zero-order valence-corrected chi connectivity index (χ0v) is 16.9. The molecule has 0 atom stereocenters. The van der Waals surface area contributed by atoms with Crippen LogP contribution in [0.1, 0.15) is 23.6 Å². The van der Waals surface area contributed by atoms with Crippen molar-refractivity contribution in [2.45, 2.75) is 39.4 Å². The van der Waals surface area contributed by atoms with Gasteiger partial charge in [-0.3, -0.25) is 4.79 Å². The predicted molar refractivity (Wildman–Crippen MR) is 111 cm³/mol. The molecule has 0 bridgehead atoms. The Labute approximate surface area is 164 Å². The highest BCUT2D eigenvalue weighted by atomic mass is 32.2. The predicted octanol–water partition coefficient (Wildman–Crippen LogP) is 4.62. The number of hydrogen-bond acceptors (Lipinski definition) is 4. The summed E-state index contributed by atoms with van der Waals surface area (Å²) in [4.78, 5) is 12.3. The third kappa shape index (κ3) is 4.39. The molecule has 1 N–H and O–H groups in total. The number of aryl methyl sites for hydroxylation is 3. The van der Waals surface area contributed by atoms with Gasteiger partial charge in [0.2, 0.25) is 5.91 Å². The van der Waals surface area contributed by atoms with Crippen LogP contribution in [0.4, 0.5) is 5.69 Å². The third-order valence-corrected chi connectivity index (χ3v) is 5.51. The monoisotopic (exact) mass is 380 g/mol. The quantitative estimate of drug-likeness (QED) is 0.634. The average molecular weight is 381 g/mol. The van der Waals surface area contributed by atoms with E-state index in [0.29, 0.717) is 5.75 Å². The average Bonchev–Trinajstić information content (AvgIpc) is 3.06. The highest BCUT2D eigenvalue weighted by Gasteiger charge is 2.15. The summed E-state index contributed by atoms with van der Waals surface area (Å²) in [6.45, 7) is 8.97. The first-order valence-electron chi connectivity index (χ1n) is 8.98. The van der Waals surface area contributed by atoms with E-state index >= 15 is 0 Å². The summed E-state index contributed by atoms with van der Waals surface area (Å²) in [5.41, 5.74) is 5.42. The van der Waals surface area contributed by atoms with Gasteiger partial charge >= 0.3 is 0 Å². The maximum absolute atomic E-state index is 12.3. The van der Waals surface area contributed by atoms with Crippen LogP contribution < -0.4 is 5.32 Å². The van der Waals surface area contributed by atoms with E-state index in [2.05, 4.69) is 46.9 Å². The summed E-state index contributed by atoms with van der Waals surface area (Å²) in [6.07, 6.45) is 0. The van der Waals surface area contributed by atoms with Gasteiger partial charge in [-0.25, -0.2) is 0 Å². The minimum atomic E-state index is -0.0497. The number of benzene rings is 2. The van der Waals surface area contributed by atoms with E-state index < -0.39 is 0 Å². The number of thioether (sulfide) groups is 1. The lowest BCUT2D eigenvalue weighted by Gasteiger charge is -2.10. The molecule has 140 valence electrons.